The number of esters is 1. The number of ether oxygens (including phenoxy) is 1. The number of aromatic carboxylic acids is 1. The predicted molar refractivity (Wildman–Crippen MR) is 175 cm³/mol. The number of aliphatic hydroxyl groups excluding tert-OH is 1. The normalized spacial score (nSPS) is 11.7. The molecule has 7 nitrogen and oxygen atoms in total. The van der Waals surface area contributed by atoms with Crippen molar-refractivity contribution < 1.29 is 29.3 Å². The van der Waals surface area contributed by atoms with Gasteiger partial charge < -0.3 is 20.3 Å². The van der Waals surface area contributed by atoms with Crippen molar-refractivity contribution in [1.29, 1.82) is 0 Å². The summed E-state index contributed by atoms with van der Waals surface area (Å²) in [6.45, 7) is 1.53. The van der Waals surface area contributed by atoms with Gasteiger partial charge in [-0.1, -0.05) is 127 Å². The lowest BCUT2D eigenvalue weighted by Gasteiger charge is -2.26. The van der Waals surface area contributed by atoms with Crippen LogP contribution >= 0.6 is 0 Å². The minimum Gasteiger partial charge on any atom is -0.478 e. The van der Waals surface area contributed by atoms with Gasteiger partial charge in [0.05, 0.1) is 24.8 Å². The Morgan fingerprint density at radius 3 is 1.58 bits per heavy atom. The lowest BCUT2D eigenvalue weighted by atomic mass is 9.91. The van der Waals surface area contributed by atoms with Crippen LogP contribution in [0.4, 0.5) is 0 Å². The Balaban J connectivity index is 0.000000256. The Hall–Kier alpha value is -5.53. The van der Waals surface area contributed by atoms with E-state index < -0.39 is 30.5 Å². The quantitative estimate of drug-likeness (QED) is 0.151. The Bertz CT molecular complexity index is 1690. The first-order valence-corrected chi connectivity index (χ1v) is 14.6. The fourth-order valence-electron chi connectivity index (χ4n) is 5.00. The number of aliphatic hydroxyl groups is 1. The molecular weight excluding hydrogens is 566 g/mol. The van der Waals surface area contributed by atoms with Crippen LogP contribution in [0.5, 0.6) is 0 Å². The predicted octanol–water partition coefficient (Wildman–Crippen LogP) is 6.84. The average Bonchev–Trinajstić information content (AvgIpc) is 3.09. The van der Waals surface area contributed by atoms with Crippen LogP contribution in [-0.4, -0.2) is 47.3 Å². The van der Waals surface area contributed by atoms with Crippen molar-refractivity contribution in [2.45, 2.75) is 18.9 Å². The summed E-state index contributed by atoms with van der Waals surface area (Å²) in [5, 5.41) is 21.9. The molecule has 0 saturated carbocycles. The first-order valence-electron chi connectivity index (χ1n) is 14.6. The van der Waals surface area contributed by atoms with E-state index in [1.54, 1.807) is 43.3 Å². The first-order chi connectivity index (χ1) is 21.9. The molecule has 5 rings (SSSR count). The molecule has 45 heavy (non-hydrogen) atoms. The second-order valence-electron chi connectivity index (χ2n) is 10.0. The van der Waals surface area contributed by atoms with Gasteiger partial charge in [-0.25, -0.2) is 4.79 Å². The monoisotopic (exact) mass is 601 g/mol. The Morgan fingerprint density at radius 2 is 1.09 bits per heavy atom. The van der Waals surface area contributed by atoms with Crippen molar-refractivity contribution in [1.82, 2.24) is 5.32 Å². The summed E-state index contributed by atoms with van der Waals surface area (Å²) in [4.78, 5) is 36.8. The van der Waals surface area contributed by atoms with Crippen LogP contribution in [0.1, 0.15) is 39.1 Å². The number of rotatable bonds is 10. The Kier molecular flexibility index (Phi) is 11.8. The van der Waals surface area contributed by atoms with Crippen molar-refractivity contribution in [2.75, 3.05) is 13.2 Å². The molecule has 2 atom stereocenters. The lowest BCUT2D eigenvalue weighted by Crippen LogP contribution is -2.45. The molecule has 0 radical (unpaired) electrons. The molecule has 0 aromatic heterocycles. The highest BCUT2D eigenvalue weighted by atomic mass is 16.5. The van der Waals surface area contributed by atoms with E-state index in [-0.39, 0.29) is 12.5 Å². The maximum Gasteiger partial charge on any atom is 0.336 e. The number of benzene rings is 5. The van der Waals surface area contributed by atoms with Gasteiger partial charge in [0.2, 0.25) is 0 Å². The molecule has 1 unspecified atom stereocenters. The maximum absolute atomic E-state index is 13.2. The van der Waals surface area contributed by atoms with Crippen LogP contribution in [0.25, 0.3) is 22.3 Å². The molecule has 1 amide bonds. The minimum absolute atomic E-state index is 0.213. The zero-order chi connectivity index (χ0) is 32.0. The number of carbonyl (C=O) groups excluding carboxylic acids is 2. The first kappa shape index (κ1) is 32.4. The summed E-state index contributed by atoms with van der Waals surface area (Å²) in [5.41, 5.74) is 4.85. The molecule has 0 aliphatic heterocycles. The van der Waals surface area contributed by atoms with E-state index in [1.165, 1.54) is 0 Å². The summed E-state index contributed by atoms with van der Waals surface area (Å²) < 4.78 is 5.22. The zero-order valence-electron chi connectivity index (χ0n) is 24.9. The fraction of sp³-hybridized carbons (Fsp3) is 0.132. The number of hydrogen-bond donors (Lipinski definition) is 3. The highest BCUT2D eigenvalue weighted by Gasteiger charge is 2.32. The number of nitrogens with one attached hydrogen (secondary N) is 1. The molecule has 3 N–H and O–H groups in total. The third-order valence-corrected chi connectivity index (χ3v) is 7.11. The van der Waals surface area contributed by atoms with Crippen molar-refractivity contribution in [3.8, 4) is 22.3 Å². The molecule has 0 aliphatic rings. The number of carboxylic acids is 1. The number of carboxylic acid groups (broad SMARTS) is 1. The van der Waals surface area contributed by atoms with Gasteiger partial charge >= 0.3 is 11.9 Å². The topological polar surface area (TPSA) is 113 Å². The van der Waals surface area contributed by atoms with Gasteiger partial charge in [0.1, 0.15) is 5.92 Å². The van der Waals surface area contributed by atoms with Crippen molar-refractivity contribution in [3.05, 3.63) is 156 Å². The molecule has 0 heterocycles. The fourth-order valence-corrected chi connectivity index (χ4v) is 5.00. The highest BCUT2D eigenvalue weighted by molar-refractivity contribution is 6.01. The number of amides is 1. The molecule has 0 saturated heterocycles. The van der Waals surface area contributed by atoms with Crippen molar-refractivity contribution in [2.24, 2.45) is 0 Å². The van der Waals surface area contributed by atoms with Crippen LogP contribution in [0.3, 0.4) is 0 Å². The third kappa shape index (κ3) is 8.53. The van der Waals surface area contributed by atoms with Gasteiger partial charge in [0.25, 0.3) is 5.91 Å². The average molecular weight is 602 g/mol. The SMILES string of the molecule is CCOC(=O)[C@@H](c1ccccc1)C(CO)NC(=O)c1ccccc1-c1ccccc1.O=C(O)c1ccccc1-c1ccccc1. The molecule has 5 aromatic rings. The van der Waals surface area contributed by atoms with Gasteiger partial charge in [-0.2, -0.15) is 0 Å². The summed E-state index contributed by atoms with van der Waals surface area (Å²) >= 11 is 0. The Labute approximate surface area is 262 Å². The van der Waals surface area contributed by atoms with Crippen LogP contribution in [0.15, 0.2) is 140 Å². The van der Waals surface area contributed by atoms with E-state index in [9.17, 15) is 19.5 Å². The Morgan fingerprint density at radius 1 is 0.644 bits per heavy atom. The van der Waals surface area contributed by atoms with E-state index in [0.717, 1.165) is 22.3 Å². The molecule has 0 fully saturated rings. The van der Waals surface area contributed by atoms with Crippen molar-refractivity contribution >= 4 is 17.8 Å². The van der Waals surface area contributed by atoms with Crippen LogP contribution in [0.2, 0.25) is 0 Å². The van der Waals surface area contributed by atoms with E-state index in [1.807, 2.05) is 103 Å². The van der Waals surface area contributed by atoms with Gasteiger partial charge in [-0.05, 0) is 46.9 Å². The molecule has 0 aliphatic carbocycles. The van der Waals surface area contributed by atoms with Gasteiger partial charge in [0, 0.05) is 5.56 Å². The van der Waals surface area contributed by atoms with E-state index in [4.69, 9.17) is 9.84 Å². The standard InChI is InChI=1S/C25H25NO4.C13H10O2/c1-2-30-25(29)23(19-13-7-4-8-14-19)22(17-27)26-24(28)21-16-10-9-15-20(21)18-11-5-3-6-12-18;14-13(15)12-9-5-4-8-11(12)10-6-2-1-3-7-10/h3-16,22-23,27H,2,17H2,1H3,(H,26,28);1-9H,(H,14,15)/t22?,23-;/m0./s1. The molecule has 5 aromatic carbocycles. The van der Waals surface area contributed by atoms with Crippen LogP contribution in [-0.2, 0) is 9.53 Å². The van der Waals surface area contributed by atoms with Gasteiger partial charge in [0.15, 0.2) is 0 Å². The number of carbonyl (C=O) groups is 3. The molecule has 0 spiro atoms. The summed E-state index contributed by atoms with van der Waals surface area (Å²) in [7, 11) is 0. The van der Waals surface area contributed by atoms with Gasteiger partial charge in [-0.3, -0.25) is 9.59 Å². The van der Waals surface area contributed by atoms with E-state index >= 15 is 0 Å². The summed E-state index contributed by atoms with van der Waals surface area (Å²) in [5.74, 6) is -2.56. The van der Waals surface area contributed by atoms with Gasteiger partial charge in [-0.15, -0.1) is 0 Å². The molecular formula is C38H35NO6. The lowest BCUT2D eigenvalue weighted by molar-refractivity contribution is -0.146. The second kappa shape index (κ2) is 16.4. The second-order valence-corrected chi connectivity index (χ2v) is 10.0. The van der Waals surface area contributed by atoms with Crippen LogP contribution in [0, 0.1) is 0 Å². The third-order valence-electron chi connectivity index (χ3n) is 7.11. The van der Waals surface area contributed by atoms with E-state index in [0.29, 0.717) is 16.7 Å². The molecule has 7 heteroatoms. The smallest absolute Gasteiger partial charge is 0.336 e. The molecule has 0 bridgehead atoms. The highest BCUT2D eigenvalue weighted by Crippen LogP contribution is 2.26. The van der Waals surface area contributed by atoms with Crippen molar-refractivity contribution in [3.63, 3.8) is 0 Å². The van der Waals surface area contributed by atoms with E-state index in [2.05, 4.69) is 5.32 Å². The zero-order valence-corrected chi connectivity index (χ0v) is 24.9. The minimum atomic E-state index is -0.894. The molecule has 228 valence electrons. The number of hydrogen-bond acceptors (Lipinski definition) is 5. The summed E-state index contributed by atoms with van der Waals surface area (Å²) in [6.07, 6.45) is 0. The van der Waals surface area contributed by atoms with Crippen LogP contribution < -0.4 is 5.32 Å². The summed E-state index contributed by atoms with van der Waals surface area (Å²) in [6, 6.07) is 41.6. The largest absolute Gasteiger partial charge is 0.478 e. The maximum atomic E-state index is 13.2.